The molecule has 0 unspecified atom stereocenters. The van der Waals surface area contributed by atoms with E-state index in [4.69, 9.17) is 16.9 Å². The van der Waals surface area contributed by atoms with Gasteiger partial charge in [0.25, 0.3) is 0 Å². The summed E-state index contributed by atoms with van der Waals surface area (Å²) < 4.78 is 0. The first-order valence-corrected chi connectivity index (χ1v) is 5.37. The first-order valence-electron chi connectivity index (χ1n) is 5.00. The minimum absolute atomic E-state index is 0.555. The van der Waals surface area contributed by atoms with Gasteiger partial charge >= 0.3 is 0 Å². The number of aldehydes is 1. The van der Waals surface area contributed by atoms with Gasteiger partial charge in [-0.1, -0.05) is 23.7 Å². The molecular formula is C14H8ClNO. The molecule has 0 fully saturated rings. The Morgan fingerprint density at radius 3 is 2.71 bits per heavy atom. The van der Waals surface area contributed by atoms with Gasteiger partial charge in [-0.05, 0) is 41.5 Å². The van der Waals surface area contributed by atoms with Crippen molar-refractivity contribution in [3.63, 3.8) is 0 Å². The molecular weight excluding hydrogens is 234 g/mol. The lowest BCUT2D eigenvalue weighted by Crippen LogP contribution is -1.88. The van der Waals surface area contributed by atoms with Gasteiger partial charge in [0.1, 0.15) is 0 Å². The molecule has 0 spiro atoms. The molecule has 82 valence electrons. The van der Waals surface area contributed by atoms with Gasteiger partial charge in [-0.15, -0.1) is 0 Å². The number of benzene rings is 2. The molecule has 0 saturated carbocycles. The molecule has 0 aliphatic carbocycles. The van der Waals surface area contributed by atoms with Gasteiger partial charge in [-0.3, -0.25) is 4.79 Å². The molecule has 3 heteroatoms. The Bertz CT molecular complexity index is 614. The standard InChI is InChI=1S/C14H8ClNO/c15-13-5-4-12(9-17)14(7-13)11-3-1-2-10(6-11)8-16/h1-7,9H. The van der Waals surface area contributed by atoms with Gasteiger partial charge < -0.3 is 0 Å². The average Bonchev–Trinajstić information content (AvgIpc) is 2.39. The normalized spacial score (nSPS) is 9.65. The van der Waals surface area contributed by atoms with Crippen molar-refractivity contribution in [3.8, 4) is 17.2 Å². The molecule has 0 bridgehead atoms. The fourth-order valence-electron chi connectivity index (χ4n) is 1.64. The SMILES string of the molecule is N#Cc1cccc(-c2cc(Cl)ccc2C=O)c1. The van der Waals surface area contributed by atoms with Crippen LogP contribution in [0.2, 0.25) is 5.02 Å². The molecule has 0 heterocycles. The first kappa shape index (κ1) is 11.4. The lowest BCUT2D eigenvalue weighted by atomic mass is 9.99. The van der Waals surface area contributed by atoms with Gasteiger partial charge in [0.15, 0.2) is 6.29 Å². The molecule has 0 aliphatic heterocycles. The fraction of sp³-hybridized carbons (Fsp3) is 0. The molecule has 2 aromatic carbocycles. The van der Waals surface area contributed by atoms with Crippen molar-refractivity contribution >= 4 is 17.9 Å². The molecule has 0 radical (unpaired) electrons. The monoisotopic (exact) mass is 241 g/mol. The highest BCUT2D eigenvalue weighted by molar-refractivity contribution is 6.31. The second-order valence-electron chi connectivity index (χ2n) is 3.54. The van der Waals surface area contributed by atoms with Crippen LogP contribution in [-0.4, -0.2) is 6.29 Å². The summed E-state index contributed by atoms with van der Waals surface area (Å²) in [5.41, 5.74) is 2.67. The van der Waals surface area contributed by atoms with Crippen LogP contribution in [0.15, 0.2) is 42.5 Å². The van der Waals surface area contributed by atoms with Crippen molar-refractivity contribution in [3.05, 3.63) is 58.6 Å². The van der Waals surface area contributed by atoms with Gasteiger partial charge in [-0.25, -0.2) is 0 Å². The second kappa shape index (κ2) is 4.82. The quantitative estimate of drug-likeness (QED) is 0.753. The Labute approximate surface area is 104 Å². The predicted molar refractivity (Wildman–Crippen MR) is 67.0 cm³/mol. The number of carbonyl (C=O) groups excluding carboxylic acids is 1. The molecule has 0 saturated heterocycles. The fourth-order valence-corrected chi connectivity index (χ4v) is 1.81. The molecule has 2 nitrogen and oxygen atoms in total. The van der Waals surface area contributed by atoms with Crippen LogP contribution < -0.4 is 0 Å². The van der Waals surface area contributed by atoms with E-state index in [1.807, 2.05) is 6.07 Å². The zero-order valence-electron chi connectivity index (χ0n) is 8.85. The summed E-state index contributed by atoms with van der Waals surface area (Å²) in [6.07, 6.45) is 0.782. The molecule has 2 aromatic rings. The van der Waals surface area contributed by atoms with Gasteiger partial charge in [0.2, 0.25) is 0 Å². The van der Waals surface area contributed by atoms with E-state index in [0.717, 1.165) is 17.4 Å². The van der Waals surface area contributed by atoms with Crippen molar-refractivity contribution in [2.24, 2.45) is 0 Å². The maximum atomic E-state index is 11.0. The molecule has 0 aromatic heterocycles. The van der Waals surface area contributed by atoms with Crippen LogP contribution in [0.4, 0.5) is 0 Å². The van der Waals surface area contributed by atoms with Crippen LogP contribution in [0.1, 0.15) is 15.9 Å². The van der Waals surface area contributed by atoms with Crippen LogP contribution >= 0.6 is 11.6 Å². The topological polar surface area (TPSA) is 40.9 Å². The van der Waals surface area contributed by atoms with Crippen molar-refractivity contribution < 1.29 is 4.79 Å². The van der Waals surface area contributed by atoms with Crippen molar-refractivity contribution in [2.45, 2.75) is 0 Å². The van der Waals surface area contributed by atoms with Crippen LogP contribution in [0.3, 0.4) is 0 Å². The smallest absolute Gasteiger partial charge is 0.150 e. The summed E-state index contributed by atoms with van der Waals surface area (Å²) in [6, 6.07) is 14.2. The molecule has 0 aliphatic rings. The van der Waals surface area contributed by atoms with E-state index in [0.29, 0.717) is 16.1 Å². The number of carbonyl (C=O) groups is 1. The summed E-state index contributed by atoms with van der Waals surface area (Å²) in [5, 5.41) is 9.41. The Morgan fingerprint density at radius 1 is 1.18 bits per heavy atom. The van der Waals surface area contributed by atoms with E-state index in [1.54, 1.807) is 36.4 Å². The summed E-state index contributed by atoms with van der Waals surface area (Å²) in [7, 11) is 0. The number of nitrogens with zero attached hydrogens (tertiary/aromatic N) is 1. The van der Waals surface area contributed by atoms with E-state index in [1.165, 1.54) is 0 Å². The molecule has 0 N–H and O–H groups in total. The van der Waals surface area contributed by atoms with E-state index >= 15 is 0 Å². The third-order valence-corrected chi connectivity index (χ3v) is 2.68. The second-order valence-corrected chi connectivity index (χ2v) is 3.98. The van der Waals surface area contributed by atoms with Crippen LogP contribution in [0.25, 0.3) is 11.1 Å². The summed E-state index contributed by atoms with van der Waals surface area (Å²) >= 11 is 5.92. The summed E-state index contributed by atoms with van der Waals surface area (Å²) in [4.78, 5) is 11.0. The van der Waals surface area contributed by atoms with Crippen LogP contribution in [0.5, 0.6) is 0 Å². The Balaban J connectivity index is 2.63. The predicted octanol–water partition coefficient (Wildman–Crippen LogP) is 3.69. The van der Waals surface area contributed by atoms with E-state index in [-0.39, 0.29) is 0 Å². The van der Waals surface area contributed by atoms with Crippen LogP contribution in [-0.2, 0) is 0 Å². The highest BCUT2D eigenvalue weighted by Crippen LogP contribution is 2.26. The summed E-state index contributed by atoms with van der Waals surface area (Å²) in [6.45, 7) is 0. The number of nitriles is 1. The van der Waals surface area contributed by atoms with E-state index in [2.05, 4.69) is 6.07 Å². The maximum Gasteiger partial charge on any atom is 0.150 e. The molecule has 0 atom stereocenters. The molecule has 2 rings (SSSR count). The largest absolute Gasteiger partial charge is 0.298 e. The van der Waals surface area contributed by atoms with Crippen molar-refractivity contribution in [1.82, 2.24) is 0 Å². The lowest BCUT2D eigenvalue weighted by Gasteiger charge is -2.06. The van der Waals surface area contributed by atoms with E-state index < -0.39 is 0 Å². The lowest BCUT2D eigenvalue weighted by molar-refractivity contribution is 0.112. The number of hydrogen-bond donors (Lipinski definition) is 0. The Morgan fingerprint density at radius 2 is 2.00 bits per heavy atom. The molecule has 17 heavy (non-hydrogen) atoms. The molecule has 0 amide bonds. The van der Waals surface area contributed by atoms with Gasteiger partial charge in [0, 0.05) is 10.6 Å². The number of hydrogen-bond acceptors (Lipinski definition) is 2. The third kappa shape index (κ3) is 2.35. The maximum absolute atomic E-state index is 11.0. The van der Waals surface area contributed by atoms with Gasteiger partial charge in [-0.2, -0.15) is 5.26 Å². The highest BCUT2D eigenvalue weighted by Gasteiger charge is 2.06. The Kier molecular flexibility index (Phi) is 3.22. The average molecular weight is 242 g/mol. The van der Waals surface area contributed by atoms with Crippen molar-refractivity contribution in [2.75, 3.05) is 0 Å². The highest BCUT2D eigenvalue weighted by atomic mass is 35.5. The summed E-state index contributed by atoms with van der Waals surface area (Å²) in [5.74, 6) is 0. The minimum atomic E-state index is 0.555. The van der Waals surface area contributed by atoms with Crippen molar-refractivity contribution in [1.29, 1.82) is 5.26 Å². The van der Waals surface area contributed by atoms with Gasteiger partial charge in [0.05, 0.1) is 11.6 Å². The Hall–Kier alpha value is -2.11. The van der Waals surface area contributed by atoms with Crippen LogP contribution in [0, 0.1) is 11.3 Å². The van der Waals surface area contributed by atoms with E-state index in [9.17, 15) is 4.79 Å². The number of halogens is 1. The zero-order chi connectivity index (χ0) is 12.3. The number of rotatable bonds is 2. The minimum Gasteiger partial charge on any atom is -0.298 e. The third-order valence-electron chi connectivity index (χ3n) is 2.44. The first-order chi connectivity index (χ1) is 8.24. The zero-order valence-corrected chi connectivity index (χ0v) is 9.61.